The van der Waals surface area contributed by atoms with Gasteiger partial charge in [0, 0.05) is 12.3 Å². The van der Waals surface area contributed by atoms with Crippen LogP contribution in [-0.2, 0) is 4.79 Å². The summed E-state index contributed by atoms with van der Waals surface area (Å²) in [5.41, 5.74) is 10.1. The third-order valence-electron chi connectivity index (χ3n) is 2.15. The van der Waals surface area contributed by atoms with Crippen molar-refractivity contribution in [1.82, 2.24) is 0 Å². The van der Waals surface area contributed by atoms with Crippen molar-refractivity contribution >= 4 is 5.91 Å². The molecule has 0 aromatic heterocycles. The second-order valence-electron chi connectivity index (χ2n) is 3.25. The van der Waals surface area contributed by atoms with Gasteiger partial charge in [-0.05, 0) is 12.8 Å². The number of alkyl halides is 2. The van der Waals surface area contributed by atoms with Crippen LogP contribution in [0.5, 0.6) is 0 Å². The third-order valence-corrected chi connectivity index (χ3v) is 2.15. The zero-order valence-electron chi connectivity index (χ0n) is 6.59. The van der Waals surface area contributed by atoms with Gasteiger partial charge in [-0.15, -0.1) is 0 Å². The van der Waals surface area contributed by atoms with Crippen LogP contribution >= 0.6 is 0 Å². The highest BCUT2D eigenvalue weighted by Gasteiger charge is 2.56. The summed E-state index contributed by atoms with van der Waals surface area (Å²) in [4.78, 5) is 10.4. The monoisotopic (exact) mass is 178 g/mol. The van der Waals surface area contributed by atoms with E-state index in [0.717, 1.165) is 0 Å². The Hall–Kier alpha value is -0.710. The van der Waals surface area contributed by atoms with Gasteiger partial charge >= 0.3 is 0 Å². The zero-order valence-corrected chi connectivity index (χ0v) is 6.59. The van der Waals surface area contributed by atoms with E-state index in [2.05, 4.69) is 0 Å². The molecular formula is C7H12F2N2O. The van der Waals surface area contributed by atoms with E-state index in [1.165, 1.54) is 0 Å². The van der Waals surface area contributed by atoms with Gasteiger partial charge in [0.1, 0.15) is 0 Å². The van der Waals surface area contributed by atoms with Crippen molar-refractivity contribution in [2.24, 2.45) is 17.4 Å². The first kappa shape index (κ1) is 9.38. The van der Waals surface area contributed by atoms with Crippen LogP contribution in [0.15, 0.2) is 0 Å². The van der Waals surface area contributed by atoms with Crippen molar-refractivity contribution in [2.45, 2.75) is 31.2 Å². The van der Waals surface area contributed by atoms with Gasteiger partial charge < -0.3 is 11.5 Å². The Bertz CT molecular complexity index is 196. The van der Waals surface area contributed by atoms with Crippen LogP contribution in [0.2, 0.25) is 0 Å². The van der Waals surface area contributed by atoms with E-state index in [4.69, 9.17) is 11.5 Å². The highest BCUT2D eigenvalue weighted by Crippen LogP contribution is 2.51. The minimum atomic E-state index is -2.52. The third kappa shape index (κ3) is 2.14. The first-order valence-electron chi connectivity index (χ1n) is 3.86. The summed E-state index contributed by atoms with van der Waals surface area (Å²) >= 11 is 0. The van der Waals surface area contributed by atoms with Gasteiger partial charge in [0.05, 0.1) is 6.04 Å². The van der Waals surface area contributed by atoms with Crippen molar-refractivity contribution in [3.05, 3.63) is 0 Å². The highest BCUT2D eigenvalue weighted by atomic mass is 19.3. The predicted molar refractivity (Wildman–Crippen MR) is 39.5 cm³/mol. The SMILES string of the molecule is NC(=O)C(N)CCC1CC1(F)F. The first-order chi connectivity index (χ1) is 5.43. The van der Waals surface area contributed by atoms with E-state index in [0.29, 0.717) is 0 Å². The molecule has 1 aliphatic rings. The van der Waals surface area contributed by atoms with E-state index in [-0.39, 0.29) is 19.3 Å². The molecule has 2 unspecified atom stereocenters. The number of hydrogen-bond donors (Lipinski definition) is 2. The number of hydrogen-bond acceptors (Lipinski definition) is 2. The van der Waals surface area contributed by atoms with Crippen LogP contribution in [0.4, 0.5) is 8.78 Å². The Morgan fingerprint density at radius 3 is 2.50 bits per heavy atom. The van der Waals surface area contributed by atoms with Crippen LogP contribution in [0.25, 0.3) is 0 Å². The Kier molecular flexibility index (Phi) is 2.32. The lowest BCUT2D eigenvalue weighted by atomic mass is 10.1. The molecule has 1 aliphatic carbocycles. The lowest BCUT2D eigenvalue weighted by Gasteiger charge is -2.05. The summed E-state index contributed by atoms with van der Waals surface area (Å²) in [5.74, 6) is -3.72. The smallest absolute Gasteiger partial charge is 0.251 e. The van der Waals surface area contributed by atoms with E-state index in [1.54, 1.807) is 0 Å². The molecule has 1 amide bonds. The summed E-state index contributed by atoms with van der Waals surface area (Å²) in [6.07, 6.45) is 0.477. The largest absolute Gasteiger partial charge is 0.368 e. The maximum Gasteiger partial charge on any atom is 0.251 e. The van der Waals surface area contributed by atoms with E-state index < -0.39 is 23.8 Å². The number of carbonyl (C=O) groups is 1. The normalized spacial score (nSPS) is 28.1. The molecule has 2 atom stereocenters. The lowest BCUT2D eigenvalue weighted by Crippen LogP contribution is -2.36. The van der Waals surface area contributed by atoms with Crippen molar-refractivity contribution < 1.29 is 13.6 Å². The van der Waals surface area contributed by atoms with Crippen LogP contribution < -0.4 is 11.5 Å². The number of nitrogens with two attached hydrogens (primary N) is 2. The van der Waals surface area contributed by atoms with Crippen molar-refractivity contribution in [1.29, 1.82) is 0 Å². The molecule has 0 aromatic rings. The lowest BCUT2D eigenvalue weighted by molar-refractivity contribution is -0.119. The average molecular weight is 178 g/mol. The van der Waals surface area contributed by atoms with Gasteiger partial charge in [-0.2, -0.15) is 0 Å². The summed E-state index contributed by atoms with van der Waals surface area (Å²) < 4.78 is 24.6. The topological polar surface area (TPSA) is 69.1 Å². The second-order valence-corrected chi connectivity index (χ2v) is 3.25. The van der Waals surface area contributed by atoms with Crippen LogP contribution in [0, 0.1) is 5.92 Å². The highest BCUT2D eigenvalue weighted by molar-refractivity contribution is 5.79. The molecule has 1 fully saturated rings. The molecule has 70 valence electrons. The fourth-order valence-electron chi connectivity index (χ4n) is 1.11. The Balaban J connectivity index is 2.15. The van der Waals surface area contributed by atoms with E-state index >= 15 is 0 Å². The molecule has 4 N–H and O–H groups in total. The van der Waals surface area contributed by atoms with Gasteiger partial charge in [-0.1, -0.05) is 0 Å². The van der Waals surface area contributed by atoms with Crippen molar-refractivity contribution in [2.75, 3.05) is 0 Å². The van der Waals surface area contributed by atoms with Crippen molar-refractivity contribution in [3.63, 3.8) is 0 Å². The number of rotatable bonds is 4. The fourth-order valence-corrected chi connectivity index (χ4v) is 1.11. The van der Waals surface area contributed by atoms with Crippen LogP contribution in [0.1, 0.15) is 19.3 Å². The molecule has 5 heteroatoms. The van der Waals surface area contributed by atoms with Crippen LogP contribution in [0.3, 0.4) is 0 Å². The predicted octanol–water partition coefficient (Wildman–Crippen LogP) is 0.234. The Morgan fingerprint density at radius 1 is 1.67 bits per heavy atom. The van der Waals surface area contributed by atoms with Gasteiger partial charge in [0.25, 0.3) is 5.92 Å². The zero-order chi connectivity index (χ0) is 9.35. The van der Waals surface area contributed by atoms with Gasteiger partial charge in [-0.25, -0.2) is 8.78 Å². The molecule has 0 bridgehead atoms. The van der Waals surface area contributed by atoms with E-state index in [9.17, 15) is 13.6 Å². The van der Waals surface area contributed by atoms with Gasteiger partial charge in [0.15, 0.2) is 0 Å². The number of primary amides is 1. The molecular weight excluding hydrogens is 166 g/mol. The maximum atomic E-state index is 12.3. The minimum Gasteiger partial charge on any atom is -0.368 e. The summed E-state index contributed by atoms with van der Waals surface area (Å²) in [6, 6.07) is -0.776. The summed E-state index contributed by atoms with van der Waals surface area (Å²) in [6.45, 7) is 0. The standard InChI is InChI=1S/C7H12F2N2O/c8-7(9)3-4(7)1-2-5(10)6(11)12/h4-5H,1-3,10H2,(H2,11,12). The number of amides is 1. The molecule has 1 saturated carbocycles. The molecule has 0 radical (unpaired) electrons. The molecule has 12 heavy (non-hydrogen) atoms. The van der Waals surface area contributed by atoms with Crippen molar-refractivity contribution in [3.8, 4) is 0 Å². The average Bonchev–Trinajstić information content (AvgIpc) is 2.54. The summed E-state index contributed by atoms with van der Waals surface area (Å²) in [5, 5.41) is 0. The fraction of sp³-hybridized carbons (Fsp3) is 0.857. The molecule has 0 spiro atoms. The number of halogens is 2. The summed E-state index contributed by atoms with van der Waals surface area (Å²) in [7, 11) is 0. The molecule has 0 aliphatic heterocycles. The van der Waals surface area contributed by atoms with E-state index in [1.807, 2.05) is 0 Å². The van der Waals surface area contributed by atoms with Crippen LogP contribution in [-0.4, -0.2) is 17.9 Å². The number of carbonyl (C=O) groups excluding carboxylic acids is 1. The molecule has 3 nitrogen and oxygen atoms in total. The second kappa shape index (κ2) is 2.97. The first-order valence-corrected chi connectivity index (χ1v) is 3.86. The molecule has 0 aromatic carbocycles. The maximum absolute atomic E-state index is 12.3. The molecule has 0 heterocycles. The molecule has 0 saturated heterocycles. The Morgan fingerprint density at radius 2 is 2.17 bits per heavy atom. The quantitative estimate of drug-likeness (QED) is 0.647. The van der Waals surface area contributed by atoms with Gasteiger partial charge in [-0.3, -0.25) is 4.79 Å². The minimum absolute atomic E-state index is 0.0710. The van der Waals surface area contributed by atoms with Gasteiger partial charge in [0.2, 0.25) is 5.91 Å². The molecule has 1 rings (SSSR count). The Labute approximate surface area is 69.1 Å².